The summed E-state index contributed by atoms with van der Waals surface area (Å²) >= 11 is 0. The van der Waals surface area contributed by atoms with Crippen LogP contribution >= 0.6 is 0 Å². The second-order valence-electron chi connectivity index (χ2n) is 3.41. The molecule has 86 valence electrons. The van der Waals surface area contributed by atoms with Crippen molar-refractivity contribution >= 4 is 5.97 Å². The zero-order valence-electron chi connectivity index (χ0n) is 8.13. The molecule has 0 aromatic carbocycles. The van der Waals surface area contributed by atoms with Gasteiger partial charge in [-0.3, -0.25) is 0 Å². The lowest BCUT2D eigenvalue weighted by Gasteiger charge is -2.22. The SMILES string of the molecule is C=CC(=O)OCC(C)C1(C(F)(F)F)CO1. The van der Waals surface area contributed by atoms with E-state index in [-0.39, 0.29) is 13.2 Å². The van der Waals surface area contributed by atoms with Crippen LogP contribution in [0.3, 0.4) is 0 Å². The molecule has 15 heavy (non-hydrogen) atoms. The third-order valence-electron chi connectivity index (χ3n) is 2.37. The molecule has 1 saturated heterocycles. The van der Waals surface area contributed by atoms with Gasteiger partial charge in [-0.1, -0.05) is 13.5 Å². The molecule has 1 heterocycles. The van der Waals surface area contributed by atoms with Gasteiger partial charge in [-0.25, -0.2) is 4.79 Å². The number of hydrogen-bond donors (Lipinski definition) is 0. The normalized spacial score (nSPS) is 26.9. The highest BCUT2D eigenvalue weighted by molar-refractivity contribution is 5.81. The first-order valence-electron chi connectivity index (χ1n) is 4.33. The molecule has 0 aliphatic carbocycles. The summed E-state index contributed by atoms with van der Waals surface area (Å²) in [7, 11) is 0. The molecular weight excluding hydrogens is 213 g/mol. The van der Waals surface area contributed by atoms with E-state index < -0.39 is 23.7 Å². The number of carbonyl (C=O) groups is 1. The molecule has 2 unspecified atom stereocenters. The average molecular weight is 224 g/mol. The Morgan fingerprint density at radius 1 is 1.73 bits per heavy atom. The molecule has 6 heteroatoms. The van der Waals surface area contributed by atoms with Gasteiger partial charge in [0.05, 0.1) is 13.2 Å². The van der Waals surface area contributed by atoms with Crippen LogP contribution in [0.2, 0.25) is 0 Å². The van der Waals surface area contributed by atoms with Crippen molar-refractivity contribution in [2.45, 2.75) is 18.7 Å². The minimum absolute atomic E-state index is 0.329. The number of epoxide rings is 1. The highest BCUT2D eigenvalue weighted by Crippen LogP contribution is 2.48. The number of esters is 1. The molecule has 1 fully saturated rings. The zero-order valence-corrected chi connectivity index (χ0v) is 8.13. The number of carbonyl (C=O) groups excluding carboxylic acids is 1. The Labute approximate surface area is 84.8 Å². The van der Waals surface area contributed by atoms with Crippen LogP contribution in [-0.2, 0) is 14.3 Å². The fourth-order valence-corrected chi connectivity index (χ4v) is 1.21. The van der Waals surface area contributed by atoms with E-state index in [9.17, 15) is 18.0 Å². The van der Waals surface area contributed by atoms with Crippen LogP contribution in [0.5, 0.6) is 0 Å². The lowest BCUT2D eigenvalue weighted by atomic mass is 9.95. The van der Waals surface area contributed by atoms with Crippen molar-refractivity contribution in [3.05, 3.63) is 12.7 Å². The Balaban J connectivity index is 2.51. The first-order valence-corrected chi connectivity index (χ1v) is 4.33. The van der Waals surface area contributed by atoms with E-state index in [2.05, 4.69) is 16.1 Å². The molecule has 2 atom stereocenters. The number of alkyl halides is 3. The molecule has 0 amide bonds. The van der Waals surface area contributed by atoms with Crippen LogP contribution in [-0.4, -0.2) is 31.0 Å². The number of ether oxygens (including phenoxy) is 2. The summed E-state index contributed by atoms with van der Waals surface area (Å²) < 4.78 is 46.4. The fourth-order valence-electron chi connectivity index (χ4n) is 1.21. The Morgan fingerprint density at radius 2 is 2.27 bits per heavy atom. The maximum Gasteiger partial charge on any atom is 0.420 e. The van der Waals surface area contributed by atoms with Gasteiger partial charge in [0.2, 0.25) is 0 Å². The van der Waals surface area contributed by atoms with Gasteiger partial charge in [-0.2, -0.15) is 13.2 Å². The van der Waals surface area contributed by atoms with E-state index in [1.54, 1.807) is 0 Å². The van der Waals surface area contributed by atoms with Crippen molar-refractivity contribution in [2.24, 2.45) is 5.92 Å². The molecule has 0 radical (unpaired) electrons. The Morgan fingerprint density at radius 3 is 2.60 bits per heavy atom. The van der Waals surface area contributed by atoms with Crippen LogP contribution in [0, 0.1) is 5.92 Å². The van der Waals surface area contributed by atoms with Crippen LogP contribution in [0.1, 0.15) is 6.92 Å². The molecule has 1 rings (SSSR count). The topological polar surface area (TPSA) is 38.8 Å². The smallest absolute Gasteiger partial charge is 0.420 e. The molecule has 0 bridgehead atoms. The van der Waals surface area contributed by atoms with Crippen molar-refractivity contribution < 1.29 is 27.4 Å². The molecule has 0 saturated carbocycles. The molecule has 3 nitrogen and oxygen atoms in total. The summed E-state index contributed by atoms with van der Waals surface area (Å²) in [5, 5.41) is 0. The van der Waals surface area contributed by atoms with Gasteiger partial charge in [0.25, 0.3) is 0 Å². The van der Waals surface area contributed by atoms with E-state index in [0.29, 0.717) is 0 Å². The molecular formula is C9H11F3O3. The highest BCUT2D eigenvalue weighted by Gasteiger charge is 2.68. The van der Waals surface area contributed by atoms with Gasteiger partial charge < -0.3 is 9.47 Å². The maximum absolute atomic E-state index is 12.5. The second kappa shape index (κ2) is 3.84. The molecule has 0 spiro atoms. The summed E-state index contributed by atoms with van der Waals surface area (Å²) in [6.45, 7) is 3.77. The van der Waals surface area contributed by atoms with Gasteiger partial charge in [-0.15, -0.1) is 0 Å². The van der Waals surface area contributed by atoms with Gasteiger partial charge in [0.15, 0.2) is 5.60 Å². The van der Waals surface area contributed by atoms with Crippen molar-refractivity contribution in [1.82, 2.24) is 0 Å². The van der Waals surface area contributed by atoms with E-state index in [1.165, 1.54) is 6.92 Å². The first-order chi connectivity index (χ1) is 6.83. The van der Waals surface area contributed by atoms with Gasteiger partial charge in [0, 0.05) is 12.0 Å². The summed E-state index contributed by atoms with van der Waals surface area (Å²) in [4.78, 5) is 10.7. The second-order valence-corrected chi connectivity index (χ2v) is 3.41. The lowest BCUT2D eigenvalue weighted by Crippen LogP contribution is -2.41. The van der Waals surface area contributed by atoms with Crippen LogP contribution in [0.25, 0.3) is 0 Å². The summed E-state index contributed by atoms with van der Waals surface area (Å²) in [6, 6.07) is 0. The van der Waals surface area contributed by atoms with Gasteiger partial charge in [0.1, 0.15) is 0 Å². The molecule has 0 aromatic rings. The number of hydrogen-bond acceptors (Lipinski definition) is 3. The lowest BCUT2D eigenvalue weighted by molar-refractivity contribution is -0.201. The zero-order chi connectivity index (χ0) is 11.7. The predicted molar refractivity (Wildman–Crippen MR) is 45.1 cm³/mol. The van der Waals surface area contributed by atoms with Crippen LogP contribution < -0.4 is 0 Å². The van der Waals surface area contributed by atoms with Gasteiger partial charge >= 0.3 is 12.1 Å². The summed E-state index contributed by atoms with van der Waals surface area (Å²) in [6.07, 6.45) is -3.52. The van der Waals surface area contributed by atoms with Crippen LogP contribution in [0.4, 0.5) is 13.2 Å². The quantitative estimate of drug-likeness (QED) is 0.414. The van der Waals surface area contributed by atoms with Crippen molar-refractivity contribution in [3.8, 4) is 0 Å². The number of rotatable bonds is 4. The molecule has 1 aliphatic rings. The average Bonchev–Trinajstić information content (AvgIpc) is 2.92. The minimum atomic E-state index is -4.42. The van der Waals surface area contributed by atoms with Crippen molar-refractivity contribution in [1.29, 1.82) is 0 Å². The summed E-state index contributed by atoms with van der Waals surface area (Å²) in [5.74, 6) is -1.65. The number of halogens is 3. The van der Waals surface area contributed by atoms with E-state index in [1.807, 2.05) is 0 Å². The van der Waals surface area contributed by atoms with Crippen molar-refractivity contribution in [2.75, 3.05) is 13.2 Å². The van der Waals surface area contributed by atoms with Crippen molar-refractivity contribution in [3.63, 3.8) is 0 Å². The van der Waals surface area contributed by atoms with Crippen LogP contribution in [0.15, 0.2) is 12.7 Å². The highest BCUT2D eigenvalue weighted by atomic mass is 19.4. The van der Waals surface area contributed by atoms with E-state index in [4.69, 9.17) is 0 Å². The fraction of sp³-hybridized carbons (Fsp3) is 0.667. The molecule has 0 aromatic heterocycles. The minimum Gasteiger partial charge on any atom is -0.462 e. The Bertz CT molecular complexity index is 268. The third kappa shape index (κ3) is 2.31. The monoisotopic (exact) mass is 224 g/mol. The molecule has 0 N–H and O–H groups in total. The van der Waals surface area contributed by atoms with E-state index >= 15 is 0 Å². The largest absolute Gasteiger partial charge is 0.462 e. The van der Waals surface area contributed by atoms with E-state index in [0.717, 1.165) is 6.08 Å². The third-order valence-corrected chi connectivity index (χ3v) is 2.37. The Hall–Kier alpha value is -1.04. The molecule has 1 aliphatic heterocycles. The van der Waals surface area contributed by atoms with Gasteiger partial charge in [-0.05, 0) is 0 Å². The first kappa shape index (κ1) is 12.0. The standard InChI is InChI=1S/C9H11F3O3/c1-3-7(13)14-4-6(2)8(5-15-8)9(10,11)12/h3,6H,1,4-5H2,2H3. The summed E-state index contributed by atoms with van der Waals surface area (Å²) in [5.41, 5.74) is -2.13. The Kier molecular flexibility index (Phi) is 3.08. The predicted octanol–water partition coefficient (Wildman–Crippen LogP) is 1.68. The maximum atomic E-state index is 12.5.